The number of hydrogen-bond donors (Lipinski definition) is 2. The number of nitrogens with two attached hydrogens (primary N) is 1. The maximum atomic E-state index is 5.99. The van der Waals surface area contributed by atoms with E-state index < -0.39 is 0 Å². The SMILES string of the molecule is COc1ccc(Br)c(C(CN)NC2CCC(C)(C)C2)c1. The smallest absolute Gasteiger partial charge is 0.119 e. The number of nitrogens with one attached hydrogen (secondary N) is 1. The van der Waals surface area contributed by atoms with E-state index in [0.29, 0.717) is 18.0 Å². The molecule has 3 nitrogen and oxygen atoms in total. The van der Waals surface area contributed by atoms with Crippen LogP contribution >= 0.6 is 15.9 Å². The summed E-state index contributed by atoms with van der Waals surface area (Å²) in [7, 11) is 1.69. The Morgan fingerprint density at radius 1 is 1.50 bits per heavy atom. The lowest BCUT2D eigenvalue weighted by atomic mass is 9.91. The van der Waals surface area contributed by atoms with Gasteiger partial charge in [-0.2, -0.15) is 0 Å². The predicted octanol–water partition coefficient (Wildman–Crippen LogP) is 3.63. The van der Waals surface area contributed by atoms with Gasteiger partial charge >= 0.3 is 0 Å². The number of ether oxygens (including phenoxy) is 1. The zero-order valence-corrected chi connectivity index (χ0v) is 14.2. The van der Waals surface area contributed by atoms with Gasteiger partial charge in [0.1, 0.15) is 5.75 Å². The van der Waals surface area contributed by atoms with Crippen LogP contribution in [0.4, 0.5) is 0 Å². The molecule has 2 atom stereocenters. The van der Waals surface area contributed by atoms with Crippen molar-refractivity contribution in [2.24, 2.45) is 11.1 Å². The molecular weight excluding hydrogens is 316 g/mol. The molecule has 0 amide bonds. The number of benzene rings is 1. The van der Waals surface area contributed by atoms with Crippen LogP contribution in [0.2, 0.25) is 0 Å². The van der Waals surface area contributed by atoms with Crippen LogP contribution in [0.25, 0.3) is 0 Å². The summed E-state index contributed by atoms with van der Waals surface area (Å²) in [4.78, 5) is 0. The Labute approximate surface area is 130 Å². The van der Waals surface area contributed by atoms with Crippen LogP contribution in [0.1, 0.15) is 44.7 Å². The third-order valence-corrected chi connectivity index (χ3v) is 4.94. The molecule has 1 aliphatic rings. The first kappa shape index (κ1) is 15.8. The van der Waals surface area contributed by atoms with Crippen molar-refractivity contribution in [3.63, 3.8) is 0 Å². The average Bonchev–Trinajstić information content (AvgIpc) is 2.76. The Morgan fingerprint density at radius 2 is 2.25 bits per heavy atom. The fraction of sp³-hybridized carbons (Fsp3) is 0.625. The van der Waals surface area contributed by atoms with Crippen molar-refractivity contribution in [1.82, 2.24) is 5.32 Å². The van der Waals surface area contributed by atoms with Gasteiger partial charge in [-0.25, -0.2) is 0 Å². The lowest BCUT2D eigenvalue weighted by Crippen LogP contribution is -2.36. The Morgan fingerprint density at radius 3 is 2.80 bits per heavy atom. The molecule has 4 heteroatoms. The Kier molecular flexibility index (Phi) is 5.10. The molecule has 0 aliphatic heterocycles. The molecule has 1 aromatic rings. The molecule has 0 heterocycles. The highest BCUT2D eigenvalue weighted by atomic mass is 79.9. The van der Waals surface area contributed by atoms with Gasteiger partial charge in [-0.1, -0.05) is 29.8 Å². The maximum absolute atomic E-state index is 5.99. The normalized spacial score (nSPS) is 22.8. The molecule has 112 valence electrons. The Balaban J connectivity index is 2.12. The molecule has 0 saturated heterocycles. The first-order valence-electron chi connectivity index (χ1n) is 7.25. The predicted molar refractivity (Wildman–Crippen MR) is 87.0 cm³/mol. The Hall–Kier alpha value is -0.580. The van der Waals surface area contributed by atoms with Crippen LogP contribution in [0.3, 0.4) is 0 Å². The lowest BCUT2D eigenvalue weighted by Gasteiger charge is -2.25. The second kappa shape index (κ2) is 6.46. The van der Waals surface area contributed by atoms with E-state index in [0.717, 1.165) is 10.2 Å². The monoisotopic (exact) mass is 340 g/mol. The van der Waals surface area contributed by atoms with E-state index >= 15 is 0 Å². The number of halogens is 1. The number of rotatable bonds is 5. The minimum atomic E-state index is 0.165. The molecule has 20 heavy (non-hydrogen) atoms. The van der Waals surface area contributed by atoms with Crippen LogP contribution in [0.5, 0.6) is 5.75 Å². The van der Waals surface area contributed by atoms with E-state index in [1.54, 1.807) is 7.11 Å². The lowest BCUT2D eigenvalue weighted by molar-refractivity contribution is 0.353. The third-order valence-electron chi connectivity index (χ3n) is 4.22. The maximum Gasteiger partial charge on any atom is 0.119 e. The molecular formula is C16H25BrN2O. The van der Waals surface area contributed by atoms with Crippen molar-refractivity contribution in [3.8, 4) is 5.75 Å². The van der Waals surface area contributed by atoms with E-state index in [-0.39, 0.29) is 6.04 Å². The molecule has 0 bridgehead atoms. The van der Waals surface area contributed by atoms with Gasteiger partial charge < -0.3 is 15.8 Å². The molecule has 0 radical (unpaired) electrons. The van der Waals surface area contributed by atoms with Crippen molar-refractivity contribution in [2.75, 3.05) is 13.7 Å². The molecule has 1 saturated carbocycles. The van der Waals surface area contributed by atoms with Crippen molar-refractivity contribution in [2.45, 2.75) is 45.2 Å². The van der Waals surface area contributed by atoms with Crippen molar-refractivity contribution >= 4 is 15.9 Å². The molecule has 0 spiro atoms. The van der Waals surface area contributed by atoms with Gasteiger partial charge in [0, 0.05) is 23.1 Å². The standard InChI is InChI=1S/C16H25BrN2O/c1-16(2)7-6-11(9-16)19-15(10-18)13-8-12(20-3)4-5-14(13)17/h4-5,8,11,15,19H,6-7,9-10,18H2,1-3H3. The third kappa shape index (κ3) is 3.74. The van der Waals surface area contributed by atoms with Crippen molar-refractivity contribution in [3.05, 3.63) is 28.2 Å². The summed E-state index contributed by atoms with van der Waals surface area (Å²) in [5, 5.41) is 3.72. The average molecular weight is 341 g/mol. The first-order valence-corrected chi connectivity index (χ1v) is 8.04. The van der Waals surface area contributed by atoms with Crippen LogP contribution in [0, 0.1) is 5.41 Å². The summed E-state index contributed by atoms with van der Waals surface area (Å²) >= 11 is 3.62. The highest BCUT2D eigenvalue weighted by Crippen LogP contribution is 2.38. The second-order valence-corrected chi connectivity index (χ2v) is 7.30. The number of methoxy groups -OCH3 is 1. The van der Waals surface area contributed by atoms with E-state index in [1.165, 1.54) is 24.8 Å². The highest BCUT2D eigenvalue weighted by molar-refractivity contribution is 9.10. The van der Waals surface area contributed by atoms with Gasteiger partial charge in [0.2, 0.25) is 0 Å². The van der Waals surface area contributed by atoms with E-state index in [4.69, 9.17) is 10.5 Å². The van der Waals surface area contributed by atoms with Crippen LogP contribution < -0.4 is 15.8 Å². The summed E-state index contributed by atoms with van der Waals surface area (Å²) in [6.45, 7) is 5.27. The van der Waals surface area contributed by atoms with Gasteiger partial charge in [-0.05, 0) is 48.4 Å². The largest absolute Gasteiger partial charge is 0.497 e. The van der Waals surface area contributed by atoms with Gasteiger partial charge in [0.25, 0.3) is 0 Å². The summed E-state index contributed by atoms with van der Waals surface area (Å²) in [5.74, 6) is 0.871. The molecule has 2 rings (SSSR count). The quantitative estimate of drug-likeness (QED) is 0.860. The molecule has 1 aromatic carbocycles. The van der Waals surface area contributed by atoms with Gasteiger partial charge in [0.15, 0.2) is 0 Å². The zero-order chi connectivity index (χ0) is 14.8. The summed E-state index contributed by atoms with van der Waals surface area (Å²) in [5.41, 5.74) is 7.61. The molecule has 1 fully saturated rings. The fourth-order valence-corrected chi connectivity index (χ4v) is 3.59. The van der Waals surface area contributed by atoms with E-state index in [9.17, 15) is 0 Å². The second-order valence-electron chi connectivity index (χ2n) is 6.45. The molecule has 0 aromatic heterocycles. The van der Waals surface area contributed by atoms with Crippen molar-refractivity contribution in [1.29, 1.82) is 0 Å². The summed E-state index contributed by atoms with van der Waals surface area (Å²) in [6.07, 6.45) is 3.72. The summed E-state index contributed by atoms with van der Waals surface area (Å²) in [6, 6.07) is 6.76. The van der Waals surface area contributed by atoms with Gasteiger partial charge in [-0.3, -0.25) is 0 Å². The molecule has 3 N–H and O–H groups in total. The molecule has 1 aliphatic carbocycles. The van der Waals surface area contributed by atoms with E-state index in [2.05, 4.69) is 41.2 Å². The molecule has 2 unspecified atom stereocenters. The first-order chi connectivity index (χ1) is 9.45. The van der Waals surface area contributed by atoms with Gasteiger partial charge in [0.05, 0.1) is 7.11 Å². The highest BCUT2D eigenvalue weighted by Gasteiger charge is 2.32. The fourth-order valence-electron chi connectivity index (χ4n) is 3.06. The minimum absolute atomic E-state index is 0.165. The number of hydrogen-bond acceptors (Lipinski definition) is 3. The van der Waals surface area contributed by atoms with Crippen molar-refractivity contribution < 1.29 is 4.74 Å². The Bertz CT molecular complexity index is 462. The minimum Gasteiger partial charge on any atom is -0.497 e. The van der Waals surface area contributed by atoms with E-state index in [1.807, 2.05) is 12.1 Å². The van der Waals surface area contributed by atoms with Crippen LogP contribution in [-0.4, -0.2) is 19.7 Å². The topological polar surface area (TPSA) is 47.3 Å². The van der Waals surface area contributed by atoms with Gasteiger partial charge in [-0.15, -0.1) is 0 Å². The zero-order valence-electron chi connectivity index (χ0n) is 12.6. The van der Waals surface area contributed by atoms with Crippen LogP contribution in [0.15, 0.2) is 22.7 Å². The van der Waals surface area contributed by atoms with Crippen LogP contribution in [-0.2, 0) is 0 Å². The summed E-state index contributed by atoms with van der Waals surface area (Å²) < 4.78 is 6.40.